The zero-order chi connectivity index (χ0) is 17.4. The van der Waals surface area contributed by atoms with Gasteiger partial charge in [-0.2, -0.15) is 0 Å². The van der Waals surface area contributed by atoms with E-state index in [1.165, 1.54) is 11.1 Å². The van der Waals surface area contributed by atoms with Gasteiger partial charge in [0.2, 0.25) is 5.91 Å². The van der Waals surface area contributed by atoms with Crippen LogP contribution in [-0.2, 0) is 4.79 Å². The molecule has 1 aliphatic carbocycles. The molecule has 2 bridgehead atoms. The van der Waals surface area contributed by atoms with E-state index in [0.717, 1.165) is 19.4 Å². The zero-order valence-corrected chi connectivity index (χ0v) is 15.0. The summed E-state index contributed by atoms with van der Waals surface area (Å²) in [5, 5.41) is 3.25. The van der Waals surface area contributed by atoms with E-state index in [2.05, 4.69) is 85.0 Å². The standard InChI is InChI=1S/C22H26N2O/c1-24(2)22-13-18(16-9-5-3-6-10-16)20(21(25)23-15-22)19(14-22)17-11-7-4-8-12-17/h3-12,18-20H,13-15H2,1-2H3,(H,23,25). The molecule has 3 heteroatoms. The molecule has 2 atom stereocenters. The maximum absolute atomic E-state index is 13.1. The summed E-state index contributed by atoms with van der Waals surface area (Å²) in [6.45, 7) is 0.738. The Hall–Kier alpha value is -2.13. The summed E-state index contributed by atoms with van der Waals surface area (Å²) in [5.74, 6) is 0.722. The van der Waals surface area contributed by atoms with Gasteiger partial charge >= 0.3 is 0 Å². The first-order valence-corrected chi connectivity index (χ1v) is 9.16. The fraction of sp³-hybridized carbons (Fsp3) is 0.409. The normalized spacial score (nSPS) is 31.6. The number of hydrogen-bond acceptors (Lipinski definition) is 2. The van der Waals surface area contributed by atoms with E-state index in [4.69, 9.17) is 0 Å². The van der Waals surface area contributed by atoms with E-state index in [9.17, 15) is 4.79 Å². The fourth-order valence-electron chi connectivity index (χ4n) is 4.89. The van der Waals surface area contributed by atoms with E-state index in [1.54, 1.807) is 0 Å². The number of carbonyl (C=O) groups excluding carboxylic acids is 1. The number of nitrogens with one attached hydrogen (secondary N) is 1. The second-order valence-corrected chi connectivity index (χ2v) is 7.80. The Morgan fingerprint density at radius 2 is 1.36 bits per heavy atom. The first-order valence-electron chi connectivity index (χ1n) is 9.16. The van der Waals surface area contributed by atoms with Crippen molar-refractivity contribution in [3.63, 3.8) is 0 Å². The van der Waals surface area contributed by atoms with Crippen LogP contribution in [0.15, 0.2) is 60.7 Å². The maximum Gasteiger partial charge on any atom is 0.224 e. The number of likely N-dealkylation sites (N-methyl/N-ethyl adjacent to an activating group) is 1. The van der Waals surface area contributed by atoms with E-state index >= 15 is 0 Å². The molecule has 0 aromatic heterocycles. The number of nitrogens with zero attached hydrogens (tertiary/aromatic N) is 1. The molecule has 0 radical (unpaired) electrons. The Morgan fingerprint density at radius 1 is 0.880 bits per heavy atom. The van der Waals surface area contributed by atoms with Crippen LogP contribution in [0.5, 0.6) is 0 Å². The minimum Gasteiger partial charge on any atom is -0.354 e. The van der Waals surface area contributed by atoms with E-state index < -0.39 is 0 Å². The SMILES string of the molecule is CN(C)C12CNC(=O)C(C(c3ccccc3)C1)C(c1ccccc1)C2. The van der Waals surface area contributed by atoms with Crippen LogP contribution in [0.3, 0.4) is 0 Å². The lowest BCUT2D eigenvalue weighted by Crippen LogP contribution is -2.53. The van der Waals surface area contributed by atoms with Gasteiger partial charge in [0.1, 0.15) is 0 Å². The van der Waals surface area contributed by atoms with Gasteiger partial charge in [0.05, 0.1) is 5.92 Å². The number of benzene rings is 2. The molecule has 2 unspecified atom stereocenters. The van der Waals surface area contributed by atoms with Gasteiger partial charge in [-0.1, -0.05) is 60.7 Å². The minimum absolute atomic E-state index is 0.000347. The summed E-state index contributed by atoms with van der Waals surface area (Å²) >= 11 is 0. The van der Waals surface area contributed by atoms with Gasteiger partial charge in [-0.3, -0.25) is 4.79 Å². The van der Waals surface area contributed by atoms with Crippen LogP contribution >= 0.6 is 0 Å². The highest BCUT2D eigenvalue weighted by molar-refractivity contribution is 5.82. The van der Waals surface area contributed by atoms with Gasteiger partial charge in [0.15, 0.2) is 0 Å². The largest absolute Gasteiger partial charge is 0.354 e. The van der Waals surface area contributed by atoms with Crippen LogP contribution in [-0.4, -0.2) is 37.0 Å². The fourth-order valence-corrected chi connectivity index (χ4v) is 4.89. The molecule has 2 saturated heterocycles. The molecule has 1 saturated carbocycles. The van der Waals surface area contributed by atoms with Crippen molar-refractivity contribution in [1.29, 1.82) is 0 Å². The Bertz CT molecular complexity index is 692. The number of rotatable bonds is 3. The summed E-state index contributed by atoms with van der Waals surface area (Å²) in [6, 6.07) is 21.2. The lowest BCUT2D eigenvalue weighted by molar-refractivity contribution is -0.125. The highest BCUT2D eigenvalue weighted by atomic mass is 16.2. The van der Waals surface area contributed by atoms with Crippen molar-refractivity contribution in [2.75, 3.05) is 20.6 Å². The Morgan fingerprint density at radius 3 is 1.80 bits per heavy atom. The maximum atomic E-state index is 13.1. The highest BCUT2D eigenvalue weighted by Gasteiger charge is 2.53. The predicted octanol–water partition coefficient (Wildman–Crippen LogP) is 3.39. The summed E-state index contributed by atoms with van der Waals surface area (Å²) < 4.78 is 0. The molecule has 3 aliphatic rings. The van der Waals surface area contributed by atoms with Crippen molar-refractivity contribution >= 4 is 5.91 Å². The third-order valence-corrected chi connectivity index (χ3v) is 6.37. The van der Waals surface area contributed by atoms with Crippen LogP contribution < -0.4 is 5.32 Å². The van der Waals surface area contributed by atoms with Gasteiger partial charge in [-0.15, -0.1) is 0 Å². The molecule has 0 spiro atoms. The van der Waals surface area contributed by atoms with E-state index in [0.29, 0.717) is 0 Å². The van der Waals surface area contributed by atoms with Crippen LogP contribution in [0.2, 0.25) is 0 Å². The first kappa shape index (κ1) is 16.3. The van der Waals surface area contributed by atoms with Crippen LogP contribution in [0.1, 0.15) is 35.8 Å². The van der Waals surface area contributed by atoms with Crippen LogP contribution in [0.25, 0.3) is 0 Å². The van der Waals surface area contributed by atoms with Crippen molar-refractivity contribution in [2.24, 2.45) is 5.92 Å². The van der Waals surface area contributed by atoms with Crippen molar-refractivity contribution in [1.82, 2.24) is 10.2 Å². The topological polar surface area (TPSA) is 32.3 Å². The Balaban J connectivity index is 1.85. The van der Waals surface area contributed by atoms with Crippen molar-refractivity contribution in [2.45, 2.75) is 30.2 Å². The molecule has 2 aromatic carbocycles. The number of amides is 1. The second-order valence-electron chi connectivity index (χ2n) is 7.80. The van der Waals surface area contributed by atoms with Crippen molar-refractivity contribution in [3.8, 4) is 0 Å². The number of carbonyl (C=O) groups is 1. The van der Waals surface area contributed by atoms with Crippen LogP contribution in [0.4, 0.5) is 0 Å². The average molecular weight is 334 g/mol. The van der Waals surface area contributed by atoms with Gasteiger partial charge < -0.3 is 10.2 Å². The molecule has 3 fully saturated rings. The van der Waals surface area contributed by atoms with Gasteiger partial charge in [-0.05, 0) is 49.9 Å². The van der Waals surface area contributed by atoms with Gasteiger partial charge in [0.25, 0.3) is 0 Å². The number of hydrogen-bond donors (Lipinski definition) is 1. The van der Waals surface area contributed by atoms with Gasteiger partial charge in [-0.25, -0.2) is 0 Å². The molecule has 3 nitrogen and oxygen atoms in total. The molecule has 1 N–H and O–H groups in total. The molecule has 25 heavy (non-hydrogen) atoms. The predicted molar refractivity (Wildman–Crippen MR) is 101 cm³/mol. The third-order valence-electron chi connectivity index (χ3n) is 6.37. The summed E-state index contributed by atoms with van der Waals surface area (Å²) in [7, 11) is 4.31. The Kier molecular flexibility index (Phi) is 4.12. The summed E-state index contributed by atoms with van der Waals surface area (Å²) in [4.78, 5) is 15.4. The molecule has 2 aromatic rings. The smallest absolute Gasteiger partial charge is 0.224 e. The van der Waals surface area contributed by atoms with Gasteiger partial charge in [0, 0.05) is 12.1 Å². The Labute approximate surface area is 150 Å². The van der Waals surface area contributed by atoms with Crippen molar-refractivity contribution in [3.05, 3.63) is 71.8 Å². The first-order chi connectivity index (χ1) is 12.1. The van der Waals surface area contributed by atoms with Crippen molar-refractivity contribution < 1.29 is 4.79 Å². The monoisotopic (exact) mass is 334 g/mol. The lowest BCUT2D eigenvalue weighted by atomic mass is 9.61. The highest BCUT2D eigenvalue weighted by Crippen LogP contribution is 2.52. The van der Waals surface area contributed by atoms with E-state index in [1.807, 2.05) is 0 Å². The molecule has 5 rings (SSSR count). The molecule has 2 aliphatic heterocycles. The molecule has 130 valence electrons. The minimum atomic E-state index is 0.000347. The lowest BCUT2D eigenvalue weighted by Gasteiger charge is -2.48. The van der Waals surface area contributed by atoms with Crippen LogP contribution in [0, 0.1) is 5.92 Å². The summed E-state index contributed by atoms with van der Waals surface area (Å²) in [6.07, 6.45) is 2.05. The summed E-state index contributed by atoms with van der Waals surface area (Å²) in [5.41, 5.74) is 2.58. The third kappa shape index (κ3) is 2.77. The second kappa shape index (κ2) is 6.30. The zero-order valence-electron chi connectivity index (χ0n) is 15.0. The molecule has 2 heterocycles. The molecular weight excluding hydrogens is 308 g/mol. The molecular formula is C22H26N2O. The van der Waals surface area contributed by atoms with E-state index in [-0.39, 0.29) is 29.2 Å². The number of fused-ring (bicyclic) bond motifs is 4. The molecule has 1 amide bonds. The quantitative estimate of drug-likeness (QED) is 0.933. The average Bonchev–Trinajstić information content (AvgIpc) is 2.90.